The molecular weight excluding hydrogens is 386 g/mol. The summed E-state index contributed by atoms with van der Waals surface area (Å²) in [4.78, 5) is 21.9. The van der Waals surface area contributed by atoms with Gasteiger partial charge in [-0.15, -0.1) is 0 Å². The molecule has 1 aliphatic heterocycles. The van der Waals surface area contributed by atoms with E-state index in [4.69, 9.17) is 14.5 Å². The number of rotatable bonds is 6. The highest BCUT2D eigenvalue weighted by Gasteiger charge is 2.33. The zero-order valence-electron chi connectivity index (χ0n) is 16.9. The Morgan fingerprint density at radius 2 is 1.97 bits per heavy atom. The van der Waals surface area contributed by atoms with Crippen molar-refractivity contribution in [1.82, 2.24) is 9.88 Å². The third kappa shape index (κ3) is 4.21. The van der Waals surface area contributed by atoms with Gasteiger partial charge in [0, 0.05) is 13.1 Å². The Labute approximate surface area is 174 Å². The second-order valence-corrected chi connectivity index (χ2v) is 8.32. The number of aryl methyl sites for hydroxylation is 1. The highest BCUT2D eigenvalue weighted by Crippen LogP contribution is 2.33. The summed E-state index contributed by atoms with van der Waals surface area (Å²) in [6.45, 7) is 3.59. The lowest BCUT2D eigenvalue weighted by molar-refractivity contribution is -0.127. The summed E-state index contributed by atoms with van der Waals surface area (Å²) < 4.78 is 12.8. The van der Waals surface area contributed by atoms with Crippen LogP contribution in [0.15, 0.2) is 42.5 Å². The molecule has 3 aromatic rings. The average Bonchev–Trinajstić information content (AvgIpc) is 3.15. The van der Waals surface area contributed by atoms with Crippen LogP contribution in [0.5, 0.6) is 11.5 Å². The molecule has 2 aromatic carbocycles. The Kier molecular flexibility index (Phi) is 5.69. The number of ether oxygens (including phenoxy) is 2. The molecule has 0 fully saturated rings. The van der Waals surface area contributed by atoms with E-state index in [1.807, 2.05) is 44.4 Å². The number of carbonyl (C=O) groups excluding carboxylic acids is 1. The highest BCUT2D eigenvalue weighted by atomic mass is 32.1. The molecule has 0 unspecified atom stereocenters. The van der Waals surface area contributed by atoms with E-state index >= 15 is 0 Å². The summed E-state index contributed by atoms with van der Waals surface area (Å²) in [7, 11) is 3.98. The SMILES string of the molecule is CCc1ccc2nc(N(CCN(C)C)C(=O)[C@H]3COc4ccccc4O3)sc2c1. The zero-order valence-corrected chi connectivity index (χ0v) is 17.7. The normalized spacial score (nSPS) is 15.7. The molecule has 1 amide bonds. The molecule has 0 aliphatic carbocycles. The monoisotopic (exact) mass is 411 g/mol. The molecule has 152 valence electrons. The maximum Gasteiger partial charge on any atom is 0.273 e. The fourth-order valence-electron chi connectivity index (χ4n) is 3.21. The first-order valence-corrected chi connectivity index (χ1v) is 10.6. The minimum Gasteiger partial charge on any atom is -0.485 e. The van der Waals surface area contributed by atoms with Gasteiger partial charge in [0.25, 0.3) is 5.91 Å². The van der Waals surface area contributed by atoms with Crippen molar-refractivity contribution in [2.24, 2.45) is 0 Å². The van der Waals surface area contributed by atoms with Gasteiger partial charge in [-0.25, -0.2) is 4.98 Å². The van der Waals surface area contributed by atoms with Crippen LogP contribution in [-0.2, 0) is 11.2 Å². The van der Waals surface area contributed by atoms with Crippen LogP contribution in [0.25, 0.3) is 10.2 Å². The Morgan fingerprint density at radius 1 is 1.17 bits per heavy atom. The summed E-state index contributed by atoms with van der Waals surface area (Å²) in [5.41, 5.74) is 2.18. The van der Waals surface area contributed by atoms with Gasteiger partial charge in [-0.1, -0.05) is 36.5 Å². The molecule has 0 N–H and O–H groups in total. The van der Waals surface area contributed by atoms with E-state index in [2.05, 4.69) is 24.0 Å². The zero-order chi connectivity index (χ0) is 20.4. The second kappa shape index (κ2) is 8.39. The van der Waals surface area contributed by atoms with Crippen molar-refractivity contribution in [3.63, 3.8) is 0 Å². The lowest BCUT2D eigenvalue weighted by Gasteiger charge is -2.30. The summed E-state index contributed by atoms with van der Waals surface area (Å²) in [5, 5.41) is 0.697. The first kappa shape index (κ1) is 19.7. The number of amides is 1. The van der Waals surface area contributed by atoms with Crippen LogP contribution in [0.1, 0.15) is 12.5 Å². The summed E-state index contributed by atoms with van der Waals surface area (Å²) in [6.07, 6.45) is 0.282. The number of carbonyl (C=O) groups is 1. The molecule has 1 aromatic heterocycles. The fourth-order valence-corrected chi connectivity index (χ4v) is 4.27. The van der Waals surface area contributed by atoms with Crippen LogP contribution in [0.3, 0.4) is 0 Å². The molecular formula is C22H25N3O3S. The predicted molar refractivity (Wildman–Crippen MR) is 116 cm³/mol. The Bertz CT molecular complexity index is 1020. The van der Waals surface area contributed by atoms with Gasteiger partial charge < -0.3 is 14.4 Å². The van der Waals surface area contributed by atoms with E-state index in [1.54, 1.807) is 16.2 Å². The third-order valence-electron chi connectivity index (χ3n) is 4.90. The molecule has 2 heterocycles. The van der Waals surface area contributed by atoms with Crippen molar-refractivity contribution >= 4 is 32.6 Å². The van der Waals surface area contributed by atoms with Gasteiger partial charge in [0.15, 0.2) is 16.6 Å². The number of thiazole rings is 1. The van der Waals surface area contributed by atoms with Crippen LogP contribution in [0, 0.1) is 0 Å². The number of hydrogen-bond acceptors (Lipinski definition) is 6. The maximum atomic E-state index is 13.4. The lowest BCUT2D eigenvalue weighted by atomic mass is 10.2. The van der Waals surface area contributed by atoms with Gasteiger partial charge in [-0.2, -0.15) is 0 Å². The van der Waals surface area contributed by atoms with Crippen molar-refractivity contribution in [1.29, 1.82) is 0 Å². The van der Waals surface area contributed by atoms with Crippen molar-refractivity contribution < 1.29 is 14.3 Å². The first-order valence-electron chi connectivity index (χ1n) is 9.79. The van der Waals surface area contributed by atoms with Crippen molar-refractivity contribution in [2.75, 3.05) is 38.7 Å². The molecule has 0 saturated carbocycles. The maximum absolute atomic E-state index is 13.4. The predicted octanol–water partition coefficient (Wildman–Crippen LogP) is 3.59. The van der Waals surface area contributed by atoms with Crippen molar-refractivity contribution in [3.05, 3.63) is 48.0 Å². The van der Waals surface area contributed by atoms with E-state index in [0.717, 1.165) is 23.2 Å². The van der Waals surface area contributed by atoms with Crippen LogP contribution in [-0.4, -0.2) is 55.7 Å². The van der Waals surface area contributed by atoms with E-state index in [-0.39, 0.29) is 12.5 Å². The first-order chi connectivity index (χ1) is 14.0. The average molecular weight is 412 g/mol. The fraction of sp³-hybridized carbons (Fsp3) is 0.364. The molecule has 29 heavy (non-hydrogen) atoms. The molecule has 0 radical (unpaired) electrons. The number of hydrogen-bond donors (Lipinski definition) is 0. The van der Waals surface area contributed by atoms with Crippen molar-refractivity contribution in [2.45, 2.75) is 19.4 Å². The van der Waals surface area contributed by atoms with E-state index < -0.39 is 6.10 Å². The molecule has 6 nitrogen and oxygen atoms in total. The molecule has 0 spiro atoms. The smallest absolute Gasteiger partial charge is 0.273 e. The van der Waals surface area contributed by atoms with E-state index in [9.17, 15) is 4.79 Å². The van der Waals surface area contributed by atoms with Crippen LogP contribution in [0.4, 0.5) is 5.13 Å². The molecule has 1 atom stereocenters. The quantitative estimate of drug-likeness (QED) is 0.620. The minimum absolute atomic E-state index is 0.129. The second-order valence-electron chi connectivity index (χ2n) is 7.31. The Balaban J connectivity index is 1.62. The summed E-state index contributed by atoms with van der Waals surface area (Å²) in [6, 6.07) is 13.7. The number of likely N-dealkylation sites (N-methyl/N-ethyl adjacent to an activating group) is 1. The molecule has 0 saturated heterocycles. The molecule has 4 rings (SSSR count). The number of benzene rings is 2. The van der Waals surface area contributed by atoms with Crippen molar-refractivity contribution in [3.8, 4) is 11.5 Å². The Hall–Kier alpha value is -2.64. The standard InChI is InChI=1S/C22H25N3O3S/c1-4-15-9-10-16-20(13-15)29-22(23-16)25(12-11-24(2)3)21(26)19-14-27-17-7-5-6-8-18(17)28-19/h5-10,13,19H,4,11-12,14H2,1-3H3/t19-/m1/s1. The van der Waals surface area contributed by atoms with Gasteiger partial charge in [0.1, 0.15) is 6.61 Å². The molecule has 0 bridgehead atoms. The largest absolute Gasteiger partial charge is 0.485 e. The van der Waals surface area contributed by atoms with E-state index in [0.29, 0.717) is 23.2 Å². The third-order valence-corrected chi connectivity index (χ3v) is 5.94. The Morgan fingerprint density at radius 3 is 2.72 bits per heavy atom. The lowest BCUT2D eigenvalue weighted by Crippen LogP contribution is -2.48. The number of aromatic nitrogens is 1. The summed E-state index contributed by atoms with van der Waals surface area (Å²) in [5.74, 6) is 1.14. The minimum atomic E-state index is -0.690. The highest BCUT2D eigenvalue weighted by molar-refractivity contribution is 7.22. The molecule has 7 heteroatoms. The van der Waals surface area contributed by atoms with Gasteiger partial charge in [0.05, 0.1) is 10.2 Å². The van der Waals surface area contributed by atoms with Gasteiger partial charge in [-0.05, 0) is 50.3 Å². The van der Waals surface area contributed by atoms with E-state index in [1.165, 1.54) is 5.56 Å². The number of anilines is 1. The number of nitrogens with zero attached hydrogens (tertiary/aromatic N) is 3. The van der Waals surface area contributed by atoms with Gasteiger partial charge in [-0.3, -0.25) is 9.69 Å². The topological polar surface area (TPSA) is 54.9 Å². The van der Waals surface area contributed by atoms with Gasteiger partial charge >= 0.3 is 0 Å². The summed E-state index contributed by atoms with van der Waals surface area (Å²) >= 11 is 1.54. The number of fused-ring (bicyclic) bond motifs is 2. The molecule has 1 aliphatic rings. The van der Waals surface area contributed by atoms with Crippen LogP contribution in [0.2, 0.25) is 0 Å². The van der Waals surface area contributed by atoms with Crippen LogP contribution < -0.4 is 14.4 Å². The van der Waals surface area contributed by atoms with Crippen LogP contribution >= 0.6 is 11.3 Å². The van der Waals surface area contributed by atoms with Gasteiger partial charge in [0.2, 0.25) is 6.10 Å². The number of para-hydroxylation sites is 2.